The van der Waals surface area contributed by atoms with Crippen molar-refractivity contribution in [2.24, 2.45) is 0 Å². The number of allylic oxidation sites excluding steroid dienone is 2. The van der Waals surface area contributed by atoms with Crippen LogP contribution in [0.3, 0.4) is 0 Å². The zero-order valence-corrected chi connectivity index (χ0v) is 8.75. The lowest BCUT2D eigenvalue weighted by Gasteiger charge is -2.20. The standard InChI is InChI=1S/C9H16Cl2/c1-3-6-9(11,4-2)7-5-8-10/h5,7H,3-4,6,8H2,1-2H3. The molecule has 0 heterocycles. The number of rotatable bonds is 5. The van der Waals surface area contributed by atoms with Crippen molar-refractivity contribution >= 4 is 23.2 Å². The Morgan fingerprint density at radius 1 is 1.36 bits per heavy atom. The second-order valence-corrected chi connectivity index (χ2v) is 3.76. The second kappa shape index (κ2) is 5.91. The molecular weight excluding hydrogens is 179 g/mol. The maximum atomic E-state index is 6.26. The van der Waals surface area contributed by atoms with Gasteiger partial charge < -0.3 is 0 Å². The predicted octanol–water partition coefficient (Wildman–Crippen LogP) is 3.97. The maximum Gasteiger partial charge on any atom is 0.0623 e. The summed E-state index contributed by atoms with van der Waals surface area (Å²) >= 11 is 11.8. The minimum atomic E-state index is -0.149. The van der Waals surface area contributed by atoms with Gasteiger partial charge in [0.15, 0.2) is 0 Å². The van der Waals surface area contributed by atoms with Crippen LogP contribution in [0, 0.1) is 0 Å². The molecule has 0 aromatic rings. The Bertz CT molecular complexity index is 121. The summed E-state index contributed by atoms with van der Waals surface area (Å²) in [4.78, 5) is -0.149. The van der Waals surface area contributed by atoms with Crippen LogP contribution in [-0.2, 0) is 0 Å². The monoisotopic (exact) mass is 194 g/mol. The third-order valence-corrected chi connectivity index (χ3v) is 2.52. The van der Waals surface area contributed by atoms with E-state index in [9.17, 15) is 0 Å². The number of halogens is 2. The zero-order valence-electron chi connectivity index (χ0n) is 7.24. The van der Waals surface area contributed by atoms with Crippen molar-refractivity contribution in [2.75, 3.05) is 5.88 Å². The van der Waals surface area contributed by atoms with E-state index in [-0.39, 0.29) is 4.87 Å². The Balaban J connectivity index is 3.97. The molecule has 0 saturated heterocycles. The fraction of sp³-hybridized carbons (Fsp3) is 0.778. The fourth-order valence-corrected chi connectivity index (χ4v) is 1.42. The van der Waals surface area contributed by atoms with Crippen molar-refractivity contribution in [2.45, 2.75) is 38.0 Å². The Labute approximate surface area is 79.6 Å². The Morgan fingerprint density at radius 3 is 2.36 bits per heavy atom. The van der Waals surface area contributed by atoms with Gasteiger partial charge >= 0.3 is 0 Å². The third-order valence-electron chi connectivity index (χ3n) is 1.76. The highest BCUT2D eigenvalue weighted by Gasteiger charge is 2.19. The molecule has 0 N–H and O–H groups in total. The van der Waals surface area contributed by atoms with E-state index < -0.39 is 0 Å². The molecular formula is C9H16Cl2. The topological polar surface area (TPSA) is 0 Å². The lowest BCUT2D eigenvalue weighted by atomic mass is 9.99. The van der Waals surface area contributed by atoms with Gasteiger partial charge in [0.1, 0.15) is 0 Å². The first kappa shape index (κ1) is 11.3. The first-order valence-corrected chi connectivity index (χ1v) is 5.02. The second-order valence-electron chi connectivity index (χ2n) is 2.69. The van der Waals surface area contributed by atoms with Crippen LogP contribution in [0.15, 0.2) is 12.2 Å². The molecule has 0 aliphatic rings. The molecule has 0 amide bonds. The summed E-state index contributed by atoms with van der Waals surface area (Å²) in [5, 5.41) is 0. The van der Waals surface area contributed by atoms with Crippen LogP contribution < -0.4 is 0 Å². The normalized spacial score (nSPS) is 17.1. The van der Waals surface area contributed by atoms with E-state index >= 15 is 0 Å². The minimum absolute atomic E-state index is 0.149. The van der Waals surface area contributed by atoms with Gasteiger partial charge in [0, 0.05) is 5.88 Å². The van der Waals surface area contributed by atoms with E-state index in [1.807, 2.05) is 12.2 Å². The highest BCUT2D eigenvalue weighted by molar-refractivity contribution is 6.25. The Morgan fingerprint density at radius 2 is 2.00 bits per heavy atom. The van der Waals surface area contributed by atoms with Crippen LogP contribution in [0.2, 0.25) is 0 Å². The smallest absolute Gasteiger partial charge is 0.0623 e. The van der Waals surface area contributed by atoms with Gasteiger partial charge in [-0.3, -0.25) is 0 Å². The first-order chi connectivity index (χ1) is 5.18. The summed E-state index contributed by atoms with van der Waals surface area (Å²) in [6.45, 7) is 4.24. The summed E-state index contributed by atoms with van der Waals surface area (Å²) in [6.07, 6.45) is 7.05. The molecule has 11 heavy (non-hydrogen) atoms. The average Bonchev–Trinajstić information content (AvgIpc) is 2.02. The molecule has 0 aromatic heterocycles. The number of hydrogen-bond acceptors (Lipinski definition) is 0. The van der Waals surface area contributed by atoms with Gasteiger partial charge in [-0.15, -0.1) is 23.2 Å². The lowest BCUT2D eigenvalue weighted by Crippen LogP contribution is -2.15. The van der Waals surface area contributed by atoms with Crippen molar-refractivity contribution in [1.29, 1.82) is 0 Å². The van der Waals surface area contributed by atoms with Crippen LogP contribution in [0.4, 0.5) is 0 Å². The van der Waals surface area contributed by atoms with Crippen molar-refractivity contribution in [3.8, 4) is 0 Å². The van der Waals surface area contributed by atoms with E-state index in [0.29, 0.717) is 5.88 Å². The van der Waals surface area contributed by atoms with E-state index in [0.717, 1.165) is 19.3 Å². The molecule has 1 atom stereocenters. The van der Waals surface area contributed by atoms with Gasteiger partial charge in [-0.1, -0.05) is 32.4 Å². The molecule has 0 saturated carbocycles. The van der Waals surface area contributed by atoms with Gasteiger partial charge in [0.2, 0.25) is 0 Å². The number of alkyl halides is 2. The molecule has 0 spiro atoms. The largest absolute Gasteiger partial charge is 0.122 e. The molecule has 0 aromatic carbocycles. The van der Waals surface area contributed by atoms with E-state index in [1.165, 1.54) is 0 Å². The van der Waals surface area contributed by atoms with E-state index in [1.54, 1.807) is 0 Å². The van der Waals surface area contributed by atoms with Crippen LogP contribution >= 0.6 is 23.2 Å². The van der Waals surface area contributed by atoms with Crippen molar-refractivity contribution in [3.63, 3.8) is 0 Å². The Kier molecular flexibility index (Phi) is 6.08. The van der Waals surface area contributed by atoms with Crippen molar-refractivity contribution in [1.82, 2.24) is 0 Å². The molecule has 0 bridgehead atoms. The fourth-order valence-electron chi connectivity index (χ4n) is 1.05. The molecule has 0 aliphatic carbocycles. The minimum Gasteiger partial charge on any atom is -0.122 e. The van der Waals surface area contributed by atoms with Crippen LogP contribution in [0.25, 0.3) is 0 Å². The quantitative estimate of drug-likeness (QED) is 0.460. The summed E-state index contributed by atoms with van der Waals surface area (Å²) in [5.74, 6) is 0.554. The molecule has 0 radical (unpaired) electrons. The Hall–Kier alpha value is 0.320. The van der Waals surface area contributed by atoms with Crippen molar-refractivity contribution < 1.29 is 0 Å². The van der Waals surface area contributed by atoms with Gasteiger partial charge in [-0.05, 0) is 12.8 Å². The summed E-state index contributed by atoms with van der Waals surface area (Å²) in [7, 11) is 0. The third kappa shape index (κ3) is 4.71. The molecule has 0 fully saturated rings. The molecule has 2 heteroatoms. The highest BCUT2D eigenvalue weighted by atomic mass is 35.5. The van der Waals surface area contributed by atoms with Gasteiger partial charge in [-0.25, -0.2) is 0 Å². The lowest BCUT2D eigenvalue weighted by molar-refractivity contribution is 0.600. The van der Waals surface area contributed by atoms with Gasteiger partial charge in [0.25, 0.3) is 0 Å². The SMILES string of the molecule is CCCC(Cl)(C=CCCl)CC. The first-order valence-electron chi connectivity index (χ1n) is 4.11. The molecule has 0 nitrogen and oxygen atoms in total. The van der Waals surface area contributed by atoms with Crippen molar-refractivity contribution in [3.05, 3.63) is 12.2 Å². The van der Waals surface area contributed by atoms with E-state index in [4.69, 9.17) is 23.2 Å². The van der Waals surface area contributed by atoms with Gasteiger partial charge in [-0.2, -0.15) is 0 Å². The number of hydrogen-bond donors (Lipinski definition) is 0. The molecule has 1 unspecified atom stereocenters. The molecule has 0 rings (SSSR count). The highest BCUT2D eigenvalue weighted by Crippen LogP contribution is 2.27. The summed E-state index contributed by atoms with van der Waals surface area (Å²) in [5.41, 5.74) is 0. The van der Waals surface area contributed by atoms with E-state index in [2.05, 4.69) is 13.8 Å². The summed E-state index contributed by atoms with van der Waals surface area (Å²) < 4.78 is 0. The van der Waals surface area contributed by atoms with Gasteiger partial charge in [0.05, 0.1) is 4.87 Å². The van der Waals surface area contributed by atoms with Crippen LogP contribution in [0.5, 0.6) is 0 Å². The predicted molar refractivity (Wildman–Crippen MR) is 53.6 cm³/mol. The maximum absolute atomic E-state index is 6.26. The zero-order chi connectivity index (χ0) is 8.74. The molecule has 0 aliphatic heterocycles. The summed E-state index contributed by atoms with van der Waals surface area (Å²) in [6, 6.07) is 0. The average molecular weight is 195 g/mol. The van der Waals surface area contributed by atoms with Crippen LogP contribution in [-0.4, -0.2) is 10.8 Å². The van der Waals surface area contributed by atoms with Crippen LogP contribution in [0.1, 0.15) is 33.1 Å². The molecule has 66 valence electrons.